The molecule has 2 atom stereocenters. The number of aromatic nitrogens is 1. The summed E-state index contributed by atoms with van der Waals surface area (Å²) in [5, 5.41) is 12.9. The van der Waals surface area contributed by atoms with Gasteiger partial charge < -0.3 is 19.9 Å². The van der Waals surface area contributed by atoms with Gasteiger partial charge in [0.05, 0.1) is 24.0 Å². The Morgan fingerprint density at radius 3 is 2.61 bits per heavy atom. The zero-order chi connectivity index (χ0) is 24.2. The molecule has 3 heterocycles. The molecule has 1 aromatic carbocycles. The molecule has 13 heteroatoms. The molecular formula is C20H20F2N4O6S. The number of rotatable bonds is 5. The maximum Gasteiger partial charge on any atom is 0.274 e. The first-order chi connectivity index (χ1) is 15.4. The number of hydrogen-bond donors (Lipinski definition) is 3. The smallest absolute Gasteiger partial charge is 0.274 e. The van der Waals surface area contributed by atoms with E-state index < -0.39 is 68.8 Å². The van der Waals surface area contributed by atoms with Crippen LogP contribution in [0.2, 0.25) is 0 Å². The summed E-state index contributed by atoms with van der Waals surface area (Å²) in [6.45, 7) is -0.230. The molecule has 4 rings (SSSR count). The highest BCUT2D eigenvalue weighted by Crippen LogP contribution is 2.42. The van der Waals surface area contributed by atoms with Crippen LogP contribution in [0, 0.1) is 11.6 Å². The van der Waals surface area contributed by atoms with Crippen LogP contribution in [0.15, 0.2) is 23.0 Å². The van der Waals surface area contributed by atoms with Gasteiger partial charge in [0.1, 0.15) is 17.2 Å². The minimum absolute atomic E-state index is 0.0519. The van der Waals surface area contributed by atoms with Crippen LogP contribution in [0.25, 0.3) is 0 Å². The monoisotopic (exact) mass is 482 g/mol. The molecule has 0 bridgehead atoms. The molecular weight excluding hydrogens is 462 g/mol. The van der Waals surface area contributed by atoms with Crippen LogP contribution >= 0.6 is 0 Å². The van der Waals surface area contributed by atoms with Crippen molar-refractivity contribution in [3.63, 3.8) is 0 Å². The van der Waals surface area contributed by atoms with Crippen LogP contribution in [-0.2, 0) is 16.6 Å². The van der Waals surface area contributed by atoms with Gasteiger partial charge in [-0.3, -0.25) is 14.4 Å². The van der Waals surface area contributed by atoms with E-state index in [4.69, 9.17) is 0 Å². The van der Waals surface area contributed by atoms with E-state index >= 15 is 0 Å². The third kappa shape index (κ3) is 3.97. The SMILES string of the molecule is CN1CC2CC(NS(C)(=O)=O)c3c(C(=O)NCc4ccc(F)cc4F)c(=O)c(O)c(n32)C1=O. The first-order valence-electron chi connectivity index (χ1n) is 9.85. The topological polar surface area (TPSA) is 138 Å². The van der Waals surface area contributed by atoms with Gasteiger partial charge in [-0.15, -0.1) is 0 Å². The van der Waals surface area contributed by atoms with Crippen molar-refractivity contribution in [2.45, 2.75) is 25.0 Å². The molecule has 0 saturated carbocycles. The lowest BCUT2D eigenvalue weighted by Gasteiger charge is -2.32. The number of likely N-dealkylation sites (N-methyl/N-ethyl adjacent to an activating group) is 1. The summed E-state index contributed by atoms with van der Waals surface area (Å²) < 4.78 is 54.6. The van der Waals surface area contributed by atoms with Gasteiger partial charge in [0, 0.05) is 31.8 Å². The molecule has 0 aliphatic carbocycles. The van der Waals surface area contributed by atoms with Crippen molar-refractivity contribution < 1.29 is 31.9 Å². The number of sulfonamides is 1. The molecule has 2 aromatic rings. The van der Waals surface area contributed by atoms with E-state index in [9.17, 15) is 36.7 Å². The van der Waals surface area contributed by atoms with Crippen LogP contribution in [0.5, 0.6) is 5.75 Å². The van der Waals surface area contributed by atoms with Crippen molar-refractivity contribution in [1.82, 2.24) is 19.5 Å². The fourth-order valence-electron chi connectivity index (χ4n) is 4.36. The van der Waals surface area contributed by atoms with Crippen molar-refractivity contribution in [3.8, 4) is 5.75 Å². The molecule has 0 radical (unpaired) electrons. The lowest BCUT2D eigenvalue weighted by atomic mass is 10.0. The number of aromatic hydroxyl groups is 1. The normalized spacial score (nSPS) is 19.5. The zero-order valence-corrected chi connectivity index (χ0v) is 18.4. The predicted molar refractivity (Wildman–Crippen MR) is 111 cm³/mol. The fourth-order valence-corrected chi connectivity index (χ4v) is 5.08. The molecule has 0 spiro atoms. The van der Waals surface area contributed by atoms with Crippen molar-refractivity contribution in [3.05, 3.63) is 62.6 Å². The average Bonchev–Trinajstić information content (AvgIpc) is 3.03. The molecule has 10 nitrogen and oxygen atoms in total. The van der Waals surface area contributed by atoms with Crippen LogP contribution < -0.4 is 15.5 Å². The average molecular weight is 482 g/mol. The Bertz CT molecular complexity index is 1360. The number of amides is 2. The quantitative estimate of drug-likeness (QED) is 0.564. The second-order valence-corrected chi connectivity index (χ2v) is 9.87. The van der Waals surface area contributed by atoms with Gasteiger partial charge in [0.25, 0.3) is 11.8 Å². The molecule has 176 valence electrons. The second-order valence-electron chi connectivity index (χ2n) is 8.09. The Hall–Kier alpha value is -3.32. The van der Waals surface area contributed by atoms with Gasteiger partial charge in [-0.2, -0.15) is 0 Å². The summed E-state index contributed by atoms with van der Waals surface area (Å²) >= 11 is 0. The zero-order valence-electron chi connectivity index (χ0n) is 17.6. The van der Waals surface area contributed by atoms with E-state index in [1.807, 2.05) is 0 Å². The van der Waals surface area contributed by atoms with Gasteiger partial charge >= 0.3 is 0 Å². The first-order valence-corrected chi connectivity index (χ1v) is 11.7. The van der Waals surface area contributed by atoms with Crippen LogP contribution in [0.1, 0.15) is 50.6 Å². The highest BCUT2D eigenvalue weighted by molar-refractivity contribution is 7.88. The first kappa shape index (κ1) is 22.9. The number of benzene rings is 1. The molecule has 33 heavy (non-hydrogen) atoms. The Balaban J connectivity index is 1.82. The lowest BCUT2D eigenvalue weighted by Crippen LogP contribution is -2.42. The van der Waals surface area contributed by atoms with Gasteiger partial charge in [-0.25, -0.2) is 21.9 Å². The Kier molecular flexibility index (Phi) is 5.48. The predicted octanol–water partition coefficient (Wildman–Crippen LogP) is 0.383. The van der Waals surface area contributed by atoms with Crippen molar-refractivity contribution >= 4 is 21.8 Å². The van der Waals surface area contributed by atoms with Crippen LogP contribution in [-0.4, -0.2) is 54.7 Å². The summed E-state index contributed by atoms with van der Waals surface area (Å²) in [5.41, 5.74) is -2.14. The Morgan fingerprint density at radius 2 is 1.97 bits per heavy atom. The maximum absolute atomic E-state index is 13.9. The molecule has 3 N–H and O–H groups in total. The third-order valence-corrected chi connectivity index (χ3v) is 6.41. The molecule has 2 aliphatic rings. The lowest BCUT2D eigenvalue weighted by molar-refractivity contribution is 0.0713. The molecule has 2 amide bonds. The van der Waals surface area contributed by atoms with Gasteiger partial charge in [-0.1, -0.05) is 6.07 Å². The minimum atomic E-state index is -3.78. The van der Waals surface area contributed by atoms with E-state index in [2.05, 4.69) is 10.0 Å². The molecule has 0 saturated heterocycles. The number of carbonyl (C=O) groups is 2. The summed E-state index contributed by atoms with van der Waals surface area (Å²) in [4.78, 5) is 39.9. The van der Waals surface area contributed by atoms with E-state index in [-0.39, 0.29) is 29.9 Å². The Labute approximate surface area is 186 Å². The number of carbonyl (C=O) groups excluding carboxylic acids is 2. The van der Waals surface area contributed by atoms with Crippen molar-refractivity contribution in [1.29, 1.82) is 0 Å². The Morgan fingerprint density at radius 1 is 1.27 bits per heavy atom. The largest absolute Gasteiger partial charge is 0.503 e. The summed E-state index contributed by atoms with van der Waals surface area (Å²) in [5.74, 6) is -4.29. The summed E-state index contributed by atoms with van der Waals surface area (Å²) in [6.07, 6.45) is 1.05. The van der Waals surface area contributed by atoms with Crippen LogP contribution in [0.3, 0.4) is 0 Å². The number of halogens is 2. The summed E-state index contributed by atoms with van der Waals surface area (Å²) in [6, 6.07) is 1.26. The molecule has 0 fully saturated rings. The van der Waals surface area contributed by atoms with E-state index in [0.29, 0.717) is 6.07 Å². The number of nitrogens with one attached hydrogen (secondary N) is 2. The minimum Gasteiger partial charge on any atom is -0.503 e. The number of pyridine rings is 1. The third-order valence-electron chi connectivity index (χ3n) is 5.70. The fraction of sp³-hybridized carbons (Fsp3) is 0.350. The highest BCUT2D eigenvalue weighted by Gasteiger charge is 2.45. The second kappa shape index (κ2) is 7.92. The molecule has 2 aliphatic heterocycles. The summed E-state index contributed by atoms with van der Waals surface area (Å²) in [7, 11) is -2.30. The molecule has 1 aromatic heterocycles. The van der Waals surface area contributed by atoms with Crippen molar-refractivity contribution in [2.24, 2.45) is 0 Å². The highest BCUT2D eigenvalue weighted by atomic mass is 32.2. The molecule has 2 unspecified atom stereocenters. The van der Waals surface area contributed by atoms with Crippen LogP contribution in [0.4, 0.5) is 8.78 Å². The number of nitrogens with zero attached hydrogens (tertiary/aromatic N) is 2. The standard InChI is InChI=1S/C20H20F2N4O6S/c1-25-8-11-6-13(24-33(2,31)32)15-14(17(27)18(28)16(20(25)30)26(11)15)19(29)23-7-9-3-4-10(21)5-12(9)22/h3-5,11,13,24,28H,6-8H2,1-2H3,(H,23,29). The number of hydrogen-bond acceptors (Lipinski definition) is 6. The van der Waals surface area contributed by atoms with E-state index in [1.54, 1.807) is 0 Å². The van der Waals surface area contributed by atoms with Gasteiger partial charge in [0.15, 0.2) is 11.4 Å². The van der Waals surface area contributed by atoms with Gasteiger partial charge in [-0.05, 0) is 12.5 Å². The van der Waals surface area contributed by atoms with E-state index in [0.717, 1.165) is 18.4 Å². The van der Waals surface area contributed by atoms with Gasteiger partial charge in [0.2, 0.25) is 15.5 Å². The van der Waals surface area contributed by atoms with E-state index in [1.165, 1.54) is 16.5 Å². The van der Waals surface area contributed by atoms with Crippen molar-refractivity contribution in [2.75, 3.05) is 19.8 Å². The maximum atomic E-state index is 13.9.